The summed E-state index contributed by atoms with van der Waals surface area (Å²) in [5.41, 5.74) is 7.15. The monoisotopic (exact) mass is 908 g/mol. The smallest absolute Gasteiger partial charge is 0.394 e. The number of nitrogens with zero attached hydrogens (tertiary/aromatic N) is 3. The van der Waals surface area contributed by atoms with Crippen LogP contribution in [0.15, 0.2) is 42.9 Å². The third-order valence-corrected chi connectivity index (χ3v) is 11.0. The van der Waals surface area contributed by atoms with Crippen molar-refractivity contribution >= 4 is 43.3 Å². The van der Waals surface area contributed by atoms with Gasteiger partial charge in [0.25, 0.3) is 0 Å². The zero-order valence-corrected chi connectivity index (χ0v) is 37.4. The molecule has 21 nitrogen and oxygen atoms in total. The van der Waals surface area contributed by atoms with Gasteiger partial charge in [-0.15, -0.1) is 0 Å². The van der Waals surface area contributed by atoms with Gasteiger partial charge in [0, 0.05) is 38.5 Å². The van der Waals surface area contributed by atoms with Gasteiger partial charge in [0.1, 0.15) is 30.2 Å². The molecule has 3 rings (SSSR count). The van der Waals surface area contributed by atoms with Gasteiger partial charge in [-0.2, -0.15) is 0 Å². The van der Waals surface area contributed by atoms with E-state index in [-0.39, 0.29) is 37.7 Å². The number of hydrogen-bond acceptors (Lipinski definition) is 12. The van der Waals surface area contributed by atoms with E-state index in [1.807, 2.05) is 36.6 Å². The van der Waals surface area contributed by atoms with Crippen LogP contribution in [-0.4, -0.2) is 141 Å². The minimum absolute atomic E-state index is 0.0563. The molecular weight excluding hydrogens is 843 g/mol. The zero-order chi connectivity index (χ0) is 46.5. The second-order valence-corrected chi connectivity index (χ2v) is 17.1. The summed E-state index contributed by atoms with van der Waals surface area (Å²) in [7, 11) is -3.58. The van der Waals surface area contributed by atoms with Gasteiger partial charge in [-0.1, -0.05) is 50.6 Å². The normalized spacial score (nSPS) is 16.4. The molecule has 1 fully saturated rings. The number of phosphoric ester groups is 1. The summed E-state index contributed by atoms with van der Waals surface area (Å²) < 4.78 is 28.1. The maximum atomic E-state index is 14.2. The maximum absolute atomic E-state index is 14.2. The second-order valence-electron chi connectivity index (χ2n) is 15.9. The van der Waals surface area contributed by atoms with Gasteiger partial charge >= 0.3 is 7.82 Å². The first-order valence-corrected chi connectivity index (χ1v) is 22.7. The van der Waals surface area contributed by atoms with E-state index in [9.17, 15) is 48.2 Å². The number of primary amides is 1. The van der Waals surface area contributed by atoms with Crippen LogP contribution in [0.3, 0.4) is 0 Å². The second kappa shape index (κ2) is 26.8. The Hall–Kier alpha value is -4.76. The Morgan fingerprint density at radius 1 is 0.905 bits per heavy atom. The summed E-state index contributed by atoms with van der Waals surface area (Å²) in [6.07, 6.45) is 6.08. The van der Waals surface area contributed by atoms with Crippen molar-refractivity contribution in [1.29, 1.82) is 0 Å². The number of carbonyl (C=O) groups excluding carboxylic acids is 6. The Balaban J connectivity index is 1.81. The molecule has 1 aromatic heterocycles. The largest absolute Gasteiger partial charge is 0.469 e. The first kappa shape index (κ1) is 52.6. The third-order valence-electron chi connectivity index (χ3n) is 10.4. The van der Waals surface area contributed by atoms with Gasteiger partial charge in [0.05, 0.1) is 45.3 Å². The average molecular weight is 909 g/mol. The lowest BCUT2D eigenvalue weighted by Gasteiger charge is -2.29. The summed E-state index contributed by atoms with van der Waals surface area (Å²) in [6.45, 7) is 5.51. The fourth-order valence-electron chi connectivity index (χ4n) is 7.12. The predicted molar refractivity (Wildman–Crippen MR) is 228 cm³/mol. The molecule has 1 aromatic carbocycles. The van der Waals surface area contributed by atoms with E-state index in [1.54, 1.807) is 6.33 Å². The lowest BCUT2D eigenvalue weighted by atomic mass is 10.0. The average Bonchev–Trinajstić information content (AvgIpc) is 3.90. The van der Waals surface area contributed by atoms with Crippen LogP contribution in [0.4, 0.5) is 0 Å². The molecule has 22 heteroatoms. The van der Waals surface area contributed by atoms with Crippen LogP contribution in [-0.2, 0) is 66.7 Å². The van der Waals surface area contributed by atoms with Crippen molar-refractivity contribution in [2.75, 3.05) is 40.1 Å². The van der Waals surface area contributed by atoms with Gasteiger partial charge in [0.2, 0.25) is 35.4 Å². The van der Waals surface area contributed by atoms with Crippen LogP contribution < -0.4 is 27.0 Å². The van der Waals surface area contributed by atoms with Crippen LogP contribution in [0.25, 0.3) is 0 Å². The van der Waals surface area contributed by atoms with Crippen molar-refractivity contribution in [3.05, 3.63) is 54.1 Å². The van der Waals surface area contributed by atoms with Crippen LogP contribution >= 0.6 is 7.82 Å². The lowest BCUT2D eigenvalue weighted by molar-refractivity contribution is -0.140. The van der Waals surface area contributed by atoms with E-state index < -0.39 is 80.3 Å². The topological polar surface area (TPSA) is 303 Å². The number of unbranched alkanes of at least 4 members (excludes halogenated alkanes) is 2. The molecule has 0 radical (unpaired) electrons. The quantitative estimate of drug-likeness (QED) is 0.0389. The number of aliphatic hydroxyl groups excluding tert-OH is 1. The number of aryl methyl sites for hydroxylation is 2. The molecule has 63 heavy (non-hydrogen) atoms. The molecule has 1 aliphatic rings. The number of aromatic nitrogens is 2. The number of methoxy groups -OCH3 is 1. The highest BCUT2D eigenvalue weighted by atomic mass is 31.2. The highest BCUT2D eigenvalue weighted by Gasteiger charge is 2.38. The highest BCUT2D eigenvalue weighted by Crippen LogP contribution is 2.38. The van der Waals surface area contributed by atoms with Crippen molar-refractivity contribution in [1.82, 2.24) is 35.7 Å². The number of likely N-dealkylation sites (tertiary alicyclic amines) is 1. The van der Waals surface area contributed by atoms with Gasteiger partial charge in [0.15, 0.2) is 0 Å². The molecule has 0 saturated carbocycles. The number of aliphatic hydroxyl groups is 1. The molecule has 0 spiro atoms. The molecule has 1 aliphatic heterocycles. The van der Waals surface area contributed by atoms with Gasteiger partial charge in [-0.05, 0) is 56.9 Å². The molecule has 6 amide bonds. The Bertz CT molecular complexity index is 1830. The van der Waals surface area contributed by atoms with Crippen molar-refractivity contribution in [2.45, 2.75) is 121 Å². The number of ether oxygens (including phenoxy) is 2. The van der Waals surface area contributed by atoms with Gasteiger partial charge in [-0.25, -0.2) is 9.55 Å². The SMILES string of the molecule is COCCOCCC(=O)N1CCC[C@H]1C(=O)N[C@@H](CC(C)C)C(=O)N[C@@H](Cc1cncn1CCCCCc1ccccc1)C(=O)N[C@@H](CO)C(=O)N[C@H](C(N)=O)[C@@H](C)OP(=O)(O)O. The van der Waals surface area contributed by atoms with E-state index in [4.69, 9.17) is 15.2 Å². The lowest BCUT2D eigenvalue weighted by Crippen LogP contribution is -2.61. The van der Waals surface area contributed by atoms with E-state index in [0.717, 1.165) is 32.6 Å². The van der Waals surface area contributed by atoms with Crippen LogP contribution in [0.1, 0.15) is 77.0 Å². The van der Waals surface area contributed by atoms with E-state index in [0.29, 0.717) is 44.8 Å². The number of nitrogens with one attached hydrogen (secondary N) is 4. The minimum atomic E-state index is -5.12. The molecule has 1 saturated heterocycles. The van der Waals surface area contributed by atoms with Crippen molar-refractivity contribution < 1.29 is 62.2 Å². The summed E-state index contributed by atoms with van der Waals surface area (Å²) in [6, 6.07) is 3.18. The van der Waals surface area contributed by atoms with E-state index in [2.05, 4.69) is 42.9 Å². The Morgan fingerprint density at radius 3 is 2.24 bits per heavy atom. The maximum Gasteiger partial charge on any atom is 0.469 e. The van der Waals surface area contributed by atoms with Crippen LogP contribution in [0.2, 0.25) is 0 Å². The number of rotatable bonds is 29. The first-order chi connectivity index (χ1) is 29.9. The van der Waals surface area contributed by atoms with Crippen molar-refractivity contribution in [3.8, 4) is 0 Å². The summed E-state index contributed by atoms with van der Waals surface area (Å²) in [5.74, 6) is -4.95. The van der Waals surface area contributed by atoms with E-state index >= 15 is 0 Å². The number of amides is 6. The third kappa shape index (κ3) is 18.5. The Morgan fingerprint density at radius 2 is 1.59 bits per heavy atom. The number of imidazole rings is 1. The predicted octanol–water partition coefficient (Wildman–Crippen LogP) is -0.157. The number of nitrogens with two attached hydrogens (primary N) is 1. The summed E-state index contributed by atoms with van der Waals surface area (Å²) in [5, 5.41) is 20.2. The van der Waals surface area contributed by atoms with Gasteiger partial charge < -0.3 is 60.8 Å². The molecule has 0 unspecified atom stereocenters. The molecule has 0 bridgehead atoms. The Kier molecular flexibility index (Phi) is 22.3. The van der Waals surface area contributed by atoms with E-state index in [1.165, 1.54) is 23.8 Å². The number of hydrogen-bond donors (Lipinski definition) is 8. The summed E-state index contributed by atoms with van der Waals surface area (Å²) in [4.78, 5) is 105. The molecule has 0 aliphatic carbocycles. The first-order valence-electron chi connectivity index (χ1n) is 21.2. The zero-order valence-electron chi connectivity index (χ0n) is 36.5. The molecule has 6 atom stereocenters. The van der Waals surface area contributed by atoms with Crippen molar-refractivity contribution in [3.63, 3.8) is 0 Å². The number of carbonyl (C=O) groups is 6. The summed E-state index contributed by atoms with van der Waals surface area (Å²) >= 11 is 0. The highest BCUT2D eigenvalue weighted by molar-refractivity contribution is 7.46. The molecular formula is C41H65N8O13P. The van der Waals surface area contributed by atoms with Crippen LogP contribution in [0, 0.1) is 5.92 Å². The van der Waals surface area contributed by atoms with Gasteiger partial charge in [-0.3, -0.25) is 33.3 Å². The molecule has 9 N–H and O–H groups in total. The Labute approximate surface area is 367 Å². The van der Waals surface area contributed by atoms with Crippen LogP contribution in [0.5, 0.6) is 0 Å². The standard InChI is InChI=1S/C41H65N8O13P/c1-27(2)22-31(45-41(56)34-15-11-18-49(34)35(51)16-19-61-21-20-60-4)38(53)44-32(23-30-24-43-26-48(30)17-10-6-9-14-29-12-7-5-8-13-29)39(54)46-33(25-50)40(55)47-36(37(42)52)28(3)62-63(57,58)59/h5,7-8,12-13,24,26-28,31-34,36,50H,6,9-11,14-23,25H2,1-4H3,(H2,42,52)(H,44,53)(H,45,56)(H,46,54)(H,47,55)(H2,57,58,59)/t28-,31+,32+,33+,34+,36+/m1/s1. The van der Waals surface area contributed by atoms with Crippen molar-refractivity contribution in [2.24, 2.45) is 11.7 Å². The number of phosphoric acid groups is 1. The molecule has 352 valence electrons. The number of benzene rings is 1. The molecule has 2 heterocycles. The fourth-order valence-corrected chi connectivity index (χ4v) is 7.67. The fraction of sp³-hybridized carbons (Fsp3) is 0.634. The molecule has 2 aromatic rings. The minimum Gasteiger partial charge on any atom is -0.394 e.